The molecule has 0 spiro atoms. The molecule has 0 unspecified atom stereocenters. The zero-order valence-corrected chi connectivity index (χ0v) is 19.4. The van der Waals surface area contributed by atoms with Gasteiger partial charge in [-0.1, -0.05) is 37.6 Å². The monoisotopic (exact) mass is 425 g/mol. The van der Waals surface area contributed by atoms with Crippen molar-refractivity contribution in [1.82, 2.24) is 20.4 Å². The average Bonchev–Trinajstić information content (AvgIpc) is 3.29. The number of nitrogens with one attached hydrogen (secondary N) is 2. The summed E-state index contributed by atoms with van der Waals surface area (Å²) in [6.07, 6.45) is 6.66. The summed E-state index contributed by atoms with van der Waals surface area (Å²) in [4.78, 5) is 9.33. The van der Waals surface area contributed by atoms with Gasteiger partial charge in [0.1, 0.15) is 5.76 Å². The van der Waals surface area contributed by atoms with Gasteiger partial charge < -0.3 is 20.0 Å². The van der Waals surface area contributed by atoms with Crippen molar-refractivity contribution in [1.29, 1.82) is 0 Å². The summed E-state index contributed by atoms with van der Waals surface area (Å²) < 4.78 is 5.48. The van der Waals surface area contributed by atoms with Crippen LogP contribution in [0.25, 0.3) is 0 Å². The van der Waals surface area contributed by atoms with Gasteiger partial charge >= 0.3 is 0 Å². The molecule has 1 aromatic heterocycles. The molecule has 0 atom stereocenters. The van der Waals surface area contributed by atoms with E-state index in [9.17, 15) is 0 Å². The van der Waals surface area contributed by atoms with E-state index in [-0.39, 0.29) is 0 Å². The zero-order chi connectivity index (χ0) is 21.9. The fourth-order valence-electron chi connectivity index (χ4n) is 4.15. The lowest BCUT2D eigenvalue weighted by molar-refractivity contribution is 0.203. The molecular weight excluding hydrogens is 386 g/mol. The van der Waals surface area contributed by atoms with Gasteiger partial charge in [0.05, 0.1) is 12.8 Å². The van der Waals surface area contributed by atoms with Crippen molar-refractivity contribution < 1.29 is 4.42 Å². The van der Waals surface area contributed by atoms with Crippen LogP contribution in [0.15, 0.2) is 52.1 Å². The smallest absolute Gasteiger partial charge is 0.191 e. The maximum absolute atomic E-state index is 5.48. The van der Waals surface area contributed by atoms with Crippen LogP contribution in [-0.4, -0.2) is 55.5 Å². The van der Waals surface area contributed by atoms with E-state index >= 15 is 0 Å². The number of piperidine rings is 1. The van der Waals surface area contributed by atoms with Crippen LogP contribution in [0.3, 0.4) is 0 Å². The number of hydrogen-bond acceptors (Lipinski definition) is 4. The van der Waals surface area contributed by atoms with Crippen molar-refractivity contribution in [3.05, 3.63) is 59.5 Å². The fraction of sp³-hybridized carbons (Fsp3) is 0.560. The lowest BCUT2D eigenvalue weighted by Crippen LogP contribution is -2.48. The van der Waals surface area contributed by atoms with Crippen molar-refractivity contribution in [2.24, 2.45) is 4.99 Å². The molecule has 31 heavy (non-hydrogen) atoms. The topological polar surface area (TPSA) is 56.0 Å². The highest BCUT2D eigenvalue weighted by Gasteiger charge is 2.19. The highest BCUT2D eigenvalue weighted by atomic mass is 16.3. The standard InChI is InChI=1S/C25H39N5O/c1-4-5-14-30-15-12-23(13-16-30)28-25(26-2)27-18-21-9-6-7-10-22(21)19-29(3)20-24-11-8-17-31-24/h6-11,17,23H,4-5,12-16,18-20H2,1-3H3,(H2,26,27,28). The first-order chi connectivity index (χ1) is 15.2. The lowest BCUT2D eigenvalue weighted by atomic mass is 10.0. The molecular formula is C25H39N5O. The molecule has 6 nitrogen and oxygen atoms in total. The Kier molecular flexibility index (Phi) is 9.43. The van der Waals surface area contributed by atoms with Crippen LogP contribution in [0.5, 0.6) is 0 Å². The Morgan fingerprint density at radius 1 is 1.13 bits per heavy atom. The van der Waals surface area contributed by atoms with E-state index in [1.165, 1.54) is 56.4 Å². The number of furan rings is 1. The molecule has 0 amide bonds. The predicted octanol–water partition coefficient (Wildman–Crippen LogP) is 3.84. The summed E-state index contributed by atoms with van der Waals surface area (Å²) in [5, 5.41) is 7.16. The van der Waals surface area contributed by atoms with E-state index in [0.29, 0.717) is 6.04 Å². The van der Waals surface area contributed by atoms with Crippen LogP contribution in [0.1, 0.15) is 49.5 Å². The van der Waals surface area contributed by atoms with E-state index in [4.69, 9.17) is 4.42 Å². The number of unbranched alkanes of at least 4 members (excludes halogenated alkanes) is 1. The number of rotatable bonds is 10. The van der Waals surface area contributed by atoms with E-state index in [1.54, 1.807) is 6.26 Å². The molecule has 1 aromatic carbocycles. The Morgan fingerprint density at radius 3 is 2.58 bits per heavy atom. The maximum atomic E-state index is 5.48. The van der Waals surface area contributed by atoms with Crippen LogP contribution < -0.4 is 10.6 Å². The quantitative estimate of drug-likeness (QED) is 0.447. The van der Waals surface area contributed by atoms with E-state index in [2.05, 4.69) is 63.7 Å². The third-order valence-electron chi connectivity index (χ3n) is 5.99. The normalized spacial score (nSPS) is 16.1. The van der Waals surface area contributed by atoms with Crippen LogP contribution in [0.4, 0.5) is 0 Å². The molecule has 170 valence electrons. The largest absolute Gasteiger partial charge is 0.468 e. The number of nitrogens with zero attached hydrogens (tertiary/aromatic N) is 3. The van der Waals surface area contributed by atoms with Crippen molar-refractivity contribution >= 4 is 5.96 Å². The molecule has 1 saturated heterocycles. The first-order valence-electron chi connectivity index (χ1n) is 11.6. The van der Waals surface area contributed by atoms with Crippen molar-refractivity contribution in [3.63, 3.8) is 0 Å². The van der Waals surface area contributed by atoms with Gasteiger partial charge in [-0.3, -0.25) is 9.89 Å². The van der Waals surface area contributed by atoms with Gasteiger partial charge in [0.25, 0.3) is 0 Å². The molecule has 1 aliphatic rings. The number of guanidine groups is 1. The van der Waals surface area contributed by atoms with Gasteiger partial charge in [0.2, 0.25) is 0 Å². The van der Waals surface area contributed by atoms with Gasteiger partial charge in [-0.15, -0.1) is 0 Å². The summed E-state index contributed by atoms with van der Waals surface area (Å²) in [6, 6.07) is 13.1. The summed E-state index contributed by atoms with van der Waals surface area (Å²) >= 11 is 0. The van der Waals surface area contributed by atoms with Crippen LogP contribution in [-0.2, 0) is 19.6 Å². The second-order valence-electron chi connectivity index (χ2n) is 8.56. The lowest BCUT2D eigenvalue weighted by Gasteiger charge is -2.33. The van der Waals surface area contributed by atoms with E-state index < -0.39 is 0 Å². The number of aliphatic imine (C=N–C) groups is 1. The number of likely N-dealkylation sites (tertiary alicyclic amines) is 1. The molecule has 1 fully saturated rings. The summed E-state index contributed by atoms with van der Waals surface area (Å²) in [5.41, 5.74) is 2.62. The predicted molar refractivity (Wildman–Crippen MR) is 128 cm³/mol. The van der Waals surface area contributed by atoms with Gasteiger partial charge in [0, 0.05) is 39.3 Å². The maximum Gasteiger partial charge on any atom is 0.191 e. The molecule has 3 rings (SSSR count). The zero-order valence-electron chi connectivity index (χ0n) is 19.4. The average molecular weight is 426 g/mol. The molecule has 0 aliphatic carbocycles. The molecule has 2 aromatic rings. The third kappa shape index (κ3) is 7.71. The molecule has 1 aliphatic heterocycles. The molecule has 2 N–H and O–H groups in total. The van der Waals surface area contributed by atoms with E-state index in [0.717, 1.165) is 31.4 Å². The first-order valence-corrected chi connectivity index (χ1v) is 11.6. The molecule has 6 heteroatoms. The van der Waals surface area contributed by atoms with Gasteiger partial charge in [0.15, 0.2) is 5.96 Å². The second kappa shape index (κ2) is 12.5. The number of benzene rings is 1. The SMILES string of the molecule is CCCCN1CCC(NC(=NC)NCc2ccccc2CN(C)Cc2ccco2)CC1. The Balaban J connectivity index is 1.47. The minimum absolute atomic E-state index is 0.499. The van der Waals surface area contributed by atoms with E-state index in [1.807, 2.05) is 19.2 Å². The highest BCUT2D eigenvalue weighted by Crippen LogP contribution is 2.14. The summed E-state index contributed by atoms with van der Waals surface area (Å²) in [5.74, 6) is 1.88. The fourth-order valence-corrected chi connectivity index (χ4v) is 4.15. The van der Waals surface area contributed by atoms with Crippen molar-refractivity contribution in [2.45, 2.75) is 58.3 Å². The highest BCUT2D eigenvalue weighted by molar-refractivity contribution is 5.80. The van der Waals surface area contributed by atoms with Crippen LogP contribution >= 0.6 is 0 Å². The number of hydrogen-bond donors (Lipinski definition) is 2. The Bertz CT molecular complexity index is 781. The van der Waals surface area contributed by atoms with Crippen LogP contribution in [0, 0.1) is 0 Å². The Morgan fingerprint density at radius 2 is 1.90 bits per heavy atom. The third-order valence-corrected chi connectivity index (χ3v) is 5.99. The van der Waals surface area contributed by atoms with Gasteiger partial charge in [-0.25, -0.2) is 0 Å². The Labute approximate surface area is 187 Å². The minimum atomic E-state index is 0.499. The molecule has 0 radical (unpaired) electrons. The summed E-state index contributed by atoms with van der Waals surface area (Å²) in [6.45, 7) is 8.30. The minimum Gasteiger partial charge on any atom is -0.468 e. The second-order valence-corrected chi connectivity index (χ2v) is 8.56. The van der Waals surface area contributed by atoms with Crippen molar-refractivity contribution in [3.8, 4) is 0 Å². The molecule has 0 saturated carbocycles. The molecule has 2 heterocycles. The molecule has 0 bridgehead atoms. The van der Waals surface area contributed by atoms with Gasteiger partial charge in [-0.05, 0) is 56.1 Å². The Hall–Kier alpha value is -2.31. The first kappa shape index (κ1) is 23.4. The van der Waals surface area contributed by atoms with Gasteiger partial charge in [-0.2, -0.15) is 0 Å². The van der Waals surface area contributed by atoms with Crippen molar-refractivity contribution in [2.75, 3.05) is 33.7 Å². The van der Waals surface area contributed by atoms with Crippen LogP contribution in [0.2, 0.25) is 0 Å². The summed E-state index contributed by atoms with van der Waals surface area (Å²) in [7, 11) is 3.98.